The van der Waals surface area contributed by atoms with Crippen LogP contribution in [0.3, 0.4) is 0 Å². The van der Waals surface area contributed by atoms with Gasteiger partial charge in [0.25, 0.3) is 0 Å². The van der Waals surface area contributed by atoms with Crippen LogP contribution in [-0.2, 0) is 6.42 Å². The lowest BCUT2D eigenvalue weighted by Crippen LogP contribution is -2.44. The van der Waals surface area contributed by atoms with E-state index in [0.717, 1.165) is 50.9 Å². The van der Waals surface area contributed by atoms with Gasteiger partial charge in [-0.1, -0.05) is 37.3 Å². The number of nitrogens with zero attached hydrogens (tertiary/aromatic N) is 1. The average Bonchev–Trinajstić information content (AvgIpc) is 3.14. The van der Waals surface area contributed by atoms with Crippen molar-refractivity contribution in [2.24, 2.45) is 5.41 Å². The van der Waals surface area contributed by atoms with Gasteiger partial charge in [0.1, 0.15) is 12.4 Å². The van der Waals surface area contributed by atoms with Gasteiger partial charge in [-0.3, -0.25) is 0 Å². The van der Waals surface area contributed by atoms with Gasteiger partial charge >= 0.3 is 0 Å². The van der Waals surface area contributed by atoms with Crippen LogP contribution in [-0.4, -0.2) is 30.4 Å². The number of hydrogen-bond acceptors (Lipinski definition) is 3. The highest BCUT2D eigenvalue weighted by Crippen LogP contribution is 2.47. The fourth-order valence-corrected chi connectivity index (χ4v) is 4.63. The molecule has 0 unspecified atom stereocenters. The minimum Gasteiger partial charge on any atom is -0.491 e. The predicted molar refractivity (Wildman–Crippen MR) is 110 cm³/mol. The van der Waals surface area contributed by atoms with Crippen LogP contribution in [0.2, 0.25) is 0 Å². The second-order valence-corrected chi connectivity index (χ2v) is 8.52. The molecule has 1 saturated heterocycles. The van der Waals surface area contributed by atoms with Gasteiger partial charge in [0.15, 0.2) is 0 Å². The Bertz CT molecular complexity index is 733. The predicted octanol–water partition coefficient (Wildman–Crippen LogP) is 4.83. The van der Waals surface area contributed by atoms with Crippen molar-refractivity contribution in [3.05, 3.63) is 60.2 Å². The molecule has 0 amide bonds. The Morgan fingerprint density at radius 3 is 2.30 bits per heavy atom. The lowest BCUT2D eigenvalue weighted by atomic mass is 9.68. The van der Waals surface area contributed by atoms with E-state index in [-0.39, 0.29) is 0 Å². The molecule has 0 radical (unpaired) electrons. The molecule has 1 spiro atoms. The number of aliphatic hydroxyl groups is 1. The molecule has 1 heterocycles. The molecule has 1 saturated carbocycles. The van der Waals surface area contributed by atoms with Gasteiger partial charge < -0.3 is 14.7 Å². The summed E-state index contributed by atoms with van der Waals surface area (Å²) in [6.07, 6.45) is 6.17. The summed E-state index contributed by atoms with van der Waals surface area (Å²) in [7, 11) is 0. The van der Waals surface area contributed by atoms with Gasteiger partial charge in [-0.2, -0.15) is 0 Å². The number of rotatable bonds is 5. The van der Waals surface area contributed by atoms with Gasteiger partial charge in [-0.05, 0) is 73.8 Å². The minimum absolute atomic E-state index is 0.363. The zero-order chi connectivity index (χ0) is 18.7. The molecule has 2 fully saturated rings. The normalized spacial score (nSPS) is 27.9. The summed E-state index contributed by atoms with van der Waals surface area (Å²) in [5.41, 5.74) is 2.42. The van der Waals surface area contributed by atoms with E-state index in [4.69, 9.17) is 4.74 Å². The Labute approximate surface area is 163 Å². The molecule has 3 nitrogen and oxygen atoms in total. The third-order valence-electron chi connectivity index (χ3n) is 6.64. The van der Waals surface area contributed by atoms with Gasteiger partial charge in [-0.15, -0.1) is 0 Å². The van der Waals surface area contributed by atoms with Crippen molar-refractivity contribution in [1.29, 1.82) is 0 Å². The lowest BCUT2D eigenvalue weighted by molar-refractivity contribution is -0.0590. The highest BCUT2D eigenvalue weighted by Gasteiger charge is 2.45. The quantitative estimate of drug-likeness (QED) is 0.824. The van der Waals surface area contributed by atoms with Gasteiger partial charge in [0.2, 0.25) is 0 Å². The van der Waals surface area contributed by atoms with E-state index in [9.17, 15) is 5.11 Å². The number of aryl methyl sites for hydroxylation is 1. The number of para-hydroxylation sites is 1. The fraction of sp³-hybridized carbons (Fsp3) is 0.500. The third-order valence-corrected chi connectivity index (χ3v) is 6.64. The molecule has 0 atom stereocenters. The molecule has 4 rings (SSSR count). The van der Waals surface area contributed by atoms with Crippen LogP contribution in [0.25, 0.3) is 0 Å². The highest BCUT2D eigenvalue weighted by atomic mass is 16.5. The highest BCUT2D eigenvalue weighted by molar-refractivity contribution is 5.49. The third kappa shape index (κ3) is 4.14. The van der Waals surface area contributed by atoms with E-state index in [1.165, 1.54) is 17.7 Å². The molecule has 3 heteroatoms. The zero-order valence-corrected chi connectivity index (χ0v) is 16.4. The Morgan fingerprint density at radius 2 is 1.63 bits per heavy atom. The second-order valence-electron chi connectivity index (χ2n) is 8.52. The first-order valence-corrected chi connectivity index (χ1v) is 10.3. The molecule has 144 valence electrons. The summed E-state index contributed by atoms with van der Waals surface area (Å²) in [6, 6.07) is 18.9. The van der Waals surface area contributed by atoms with E-state index in [1.807, 2.05) is 30.3 Å². The van der Waals surface area contributed by atoms with Gasteiger partial charge in [-0.25, -0.2) is 0 Å². The molecule has 1 aliphatic carbocycles. The molecule has 2 aliphatic rings. The molecule has 2 aromatic carbocycles. The van der Waals surface area contributed by atoms with Crippen molar-refractivity contribution in [3.8, 4) is 5.75 Å². The molecule has 0 bridgehead atoms. The molecular weight excluding hydrogens is 334 g/mol. The van der Waals surface area contributed by atoms with Crippen molar-refractivity contribution in [1.82, 2.24) is 0 Å². The maximum atomic E-state index is 11.0. The largest absolute Gasteiger partial charge is 0.491 e. The first kappa shape index (κ1) is 18.4. The van der Waals surface area contributed by atoms with Crippen molar-refractivity contribution in [2.75, 3.05) is 24.6 Å². The molecule has 27 heavy (non-hydrogen) atoms. The summed E-state index contributed by atoms with van der Waals surface area (Å²) in [6.45, 7) is 4.85. The topological polar surface area (TPSA) is 32.7 Å². The van der Waals surface area contributed by atoms with E-state index in [0.29, 0.717) is 12.0 Å². The molecular formula is C24H31NO2. The Balaban J connectivity index is 1.33. The van der Waals surface area contributed by atoms with Crippen LogP contribution < -0.4 is 9.64 Å². The van der Waals surface area contributed by atoms with Crippen molar-refractivity contribution in [3.63, 3.8) is 0 Å². The standard InChI is InChI=1S/C24H31NO2/c1-2-20-8-10-21(11-9-20)25-17-16-23(18-25)12-14-24(26,15-13-23)19-27-22-6-4-3-5-7-22/h3-11,26H,2,12-19H2,1H3. The van der Waals surface area contributed by atoms with E-state index in [2.05, 4.69) is 36.1 Å². The summed E-state index contributed by atoms with van der Waals surface area (Å²) in [5.74, 6) is 0.841. The average molecular weight is 366 g/mol. The van der Waals surface area contributed by atoms with Crippen LogP contribution in [0, 0.1) is 5.41 Å². The Morgan fingerprint density at radius 1 is 0.926 bits per heavy atom. The number of benzene rings is 2. The smallest absolute Gasteiger partial charge is 0.119 e. The summed E-state index contributed by atoms with van der Waals surface area (Å²) >= 11 is 0. The van der Waals surface area contributed by atoms with Crippen LogP contribution in [0.1, 0.15) is 44.6 Å². The minimum atomic E-state index is -0.683. The van der Waals surface area contributed by atoms with Crippen molar-refractivity contribution in [2.45, 2.75) is 51.0 Å². The number of ether oxygens (including phenoxy) is 1. The molecule has 0 aromatic heterocycles. The maximum absolute atomic E-state index is 11.0. The van der Waals surface area contributed by atoms with Crippen molar-refractivity contribution < 1.29 is 9.84 Å². The van der Waals surface area contributed by atoms with Gasteiger partial charge in [0, 0.05) is 18.8 Å². The first-order valence-electron chi connectivity index (χ1n) is 10.3. The Hall–Kier alpha value is -2.00. The van der Waals surface area contributed by atoms with E-state index in [1.54, 1.807) is 0 Å². The summed E-state index contributed by atoms with van der Waals surface area (Å²) in [4.78, 5) is 2.53. The maximum Gasteiger partial charge on any atom is 0.119 e. The van der Waals surface area contributed by atoms with Gasteiger partial charge in [0.05, 0.1) is 5.60 Å². The number of anilines is 1. The first-order chi connectivity index (χ1) is 13.1. The fourth-order valence-electron chi connectivity index (χ4n) is 4.63. The van der Waals surface area contributed by atoms with Crippen LogP contribution >= 0.6 is 0 Å². The SMILES string of the molecule is CCc1ccc(N2CCC3(CCC(O)(COc4ccccc4)CC3)C2)cc1. The van der Waals surface area contributed by atoms with Crippen molar-refractivity contribution >= 4 is 5.69 Å². The summed E-state index contributed by atoms with van der Waals surface area (Å²) < 4.78 is 5.85. The van der Waals surface area contributed by atoms with E-state index < -0.39 is 5.60 Å². The van der Waals surface area contributed by atoms with Crippen LogP contribution in [0.15, 0.2) is 54.6 Å². The zero-order valence-electron chi connectivity index (χ0n) is 16.4. The second kappa shape index (κ2) is 7.55. The molecule has 1 N–H and O–H groups in total. The van der Waals surface area contributed by atoms with Crippen LogP contribution in [0.4, 0.5) is 5.69 Å². The molecule has 1 aliphatic heterocycles. The van der Waals surface area contributed by atoms with E-state index >= 15 is 0 Å². The monoisotopic (exact) mass is 365 g/mol. The molecule has 2 aromatic rings. The lowest BCUT2D eigenvalue weighted by Gasteiger charge is -2.41. The number of hydrogen-bond donors (Lipinski definition) is 1. The Kier molecular flexibility index (Phi) is 5.14. The van der Waals surface area contributed by atoms with Crippen LogP contribution in [0.5, 0.6) is 5.75 Å². The summed E-state index contributed by atoms with van der Waals surface area (Å²) in [5, 5.41) is 11.0.